The van der Waals surface area contributed by atoms with Crippen LogP contribution >= 0.6 is 22.9 Å². The largest absolute Gasteiger partial charge is 0.493 e. The molecule has 0 aliphatic carbocycles. The van der Waals surface area contributed by atoms with Crippen molar-refractivity contribution in [3.8, 4) is 5.75 Å². The number of aromatic nitrogens is 1. The number of fused-ring (bicyclic) bond motifs is 1. The van der Waals surface area contributed by atoms with Gasteiger partial charge in [0.15, 0.2) is 10.9 Å². The van der Waals surface area contributed by atoms with E-state index in [-0.39, 0.29) is 22.6 Å². The van der Waals surface area contributed by atoms with Crippen LogP contribution < -0.4 is 9.64 Å². The summed E-state index contributed by atoms with van der Waals surface area (Å²) in [6.07, 6.45) is 0. The third-order valence-corrected chi connectivity index (χ3v) is 9.60. The zero-order chi connectivity index (χ0) is 27.6. The zero-order valence-corrected chi connectivity index (χ0v) is 24.9. The molecule has 0 bridgehead atoms. The molecule has 11 heteroatoms. The summed E-state index contributed by atoms with van der Waals surface area (Å²) in [6, 6.07) is 10.1. The lowest BCUT2D eigenvalue weighted by atomic mass is 10.2. The van der Waals surface area contributed by atoms with Gasteiger partial charge in [0, 0.05) is 44.8 Å². The Morgan fingerprint density at radius 2 is 1.63 bits per heavy atom. The number of thiazole rings is 1. The van der Waals surface area contributed by atoms with Gasteiger partial charge < -0.3 is 14.5 Å². The minimum Gasteiger partial charge on any atom is -0.493 e. The average molecular weight is 579 g/mol. The van der Waals surface area contributed by atoms with Crippen LogP contribution in [0.15, 0.2) is 41.3 Å². The maximum absolute atomic E-state index is 13.3. The van der Waals surface area contributed by atoms with E-state index in [4.69, 9.17) is 21.3 Å². The number of hydrogen-bond donors (Lipinski definition) is 0. The van der Waals surface area contributed by atoms with Crippen LogP contribution in [0.1, 0.15) is 38.1 Å². The van der Waals surface area contributed by atoms with Gasteiger partial charge in [-0.2, -0.15) is 4.31 Å². The first-order chi connectivity index (χ1) is 18.0. The number of ether oxygens (including phenoxy) is 1. The molecule has 3 aromatic rings. The molecule has 0 unspecified atom stereocenters. The number of benzene rings is 2. The predicted octanol–water partition coefficient (Wildman–Crippen LogP) is 5.22. The van der Waals surface area contributed by atoms with E-state index in [1.165, 1.54) is 0 Å². The number of carbonyl (C=O) groups excluding carboxylic acids is 1. The minimum atomic E-state index is -3.64. The lowest BCUT2D eigenvalue weighted by molar-refractivity contribution is 0.0746. The summed E-state index contributed by atoms with van der Waals surface area (Å²) in [5.41, 5.74) is 1.23. The second-order valence-electron chi connectivity index (χ2n) is 10.3. The fourth-order valence-electron chi connectivity index (χ4n) is 4.55. The molecule has 8 nitrogen and oxygen atoms in total. The highest BCUT2D eigenvalue weighted by molar-refractivity contribution is 7.89. The van der Waals surface area contributed by atoms with Crippen molar-refractivity contribution in [2.24, 2.45) is 11.8 Å². The molecule has 0 radical (unpaired) electrons. The molecular formula is C27H35ClN4O4S2. The van der Waals surface area contributed by atoms with Crippen molar-refractivity contribution in [1.82, 2.24) is 14.2 Å². The summed E-state index contributed by atoms with van der Waals surface area (Å²) in [6.45, 7) is 11.3. The smallest absolute Gasteiger partial charge is 0.253 e. The summed E-state index contributed by atoms with van der Waals surface area (Å²) in [4.78, 5) is 22.1. The van der Waals surface area contributed by atoms with E-state index >= 15 is 0 Å². The third kappa shape index (κ3) is 6.09. The van der Waals surface area contributed by atoms with Crippen molar-refractivity contribution < 1.29 is 17.9 Å². The van der Waals surface area contributed by atoms with Crippen molar-refractivity contribution >= 4 is 54.2 Å². The van der Waals surface area contributed by atoms with Gasteiger partial charge in [-0.05, 0) is 48.2 Å². The first-order valence-electron chi connectivity index (χ1n) is 12.8. The molecule has 4 rings (SSSR count). The van der Waals surface area contributed by atoms with E-state index in [1.54, 1.807) is 51.9 Å². The van der Waals surface area contributed by atoms with E-state index in [9.17, 15) is 13.2 Å². The van der Waals surface area contributed by atoms with Crippen molar-refractivity contribution in [2.45, 2.75) is 32.6 Å². The Labute approximate surface area is 234 Å². The SMILES string of the molecule is COc1c(Cl)ccc2sc(N3CCN(C(=O)c4ccc(S(=O)(=O)N(CC(C)C)CC(C)C)cc4)CC3)nc12. The Morgan fingerprint density at radius 1 is 1.03 bits per heavy atom. The summed E-state index contributed by atoms with van der Waals surface area (Å²) >= 11 is 7.82. The standard InChI is InChI=1S/C27H35ClN4O4S2/c1-18(2)16-32(17-19(3)4)38(34,35)21-8-6-20(7-9-21)26(33)30-12-14-31(15-13-30)27-29-24-23(37-27)11-10-22(28)25(24)36-5/h6-11,18-19H,12-17H2,1-5H3. The molecule has 0 saturated carbocycles. The molecule has 0 N–H and O–H groups in total. The number of nitrogens with zero attached hydrogens (tertiary/aromatic N) is 4. The highest BCUT2D eigenvalue weighted by atomic mass is 35.5. The quantitative estimate of drug-likeness (QED) is 0.346. The summed E-state index contributed by atoms with van der Waals surface area (Å²) in [5, 5.41) is 1.40. The molecule has 1 saturated heterocycles. The van der Waals surface area contributed by atoms with Crippen LogP contribution in [0.25, 0.3) is 10.2 Å². The number of amides is 1. The second kappa shape index (κ2) is 11.8. The van der Waals surface area contributed by atoms with Crippen LogP contribution in [0.5, 0.6) is 5.75 Å². The van der Waals surface area contributed by atoms with Gasteiger partial charge in [-0.3, -0.25) is 4.79 Å². The highest BCUT2D eigenvalue weighted by Gasteiger charge is 2.28. The summed E-state index contributed by atoms with van der Waals surface area (Å²) in [5.74, 6) is 0.895. The van der Waals surface area contributed by atoms with Gasteiger partial charge in [0.05, 0.1) is 21.7 Å². The lowest BCUT2D eigenvalue weighted by Crippen LogP contribution is -2.48. The molecule has 2 heterocycles. The van der Waals surface area contributed by atoms with Gasteiger partial charge in [0.1, 0.15) is 5.52 Å². The number of methoxy groups -OCH3 is 1. The molecule has 0 spiro atoms. The molecule has 2 aromatic carbocycles. The van der Waals surface area contributed by atoms with Crippen LogP contribution in [0.2, 0.25) is 5.02 Å². The van der Waals surface area contributed by atoms with Gasteiger partial charge in [-0.1, -0.05) is 50.6 Å². The molecule has 206 valence electrons. The van der Waals surface area contributed by atoms with Gasteiger partial charge in [-0.25, -0.2) is 13.4 Å². The van der Waals surface area contributed by atoms with Gasteiger partial charge in [0.25, 0.3) is 5.91 Å². The minimum absolute atomic E-state index is 0.104. The fourth-order valence-corrected chi connectivity index (χ4v) is 7.56. The fraction of sp³-hybridized carbons (Fsp3) is 0.481. The average Bonchev–Trinajstić information content (AvgIpc) is 3.32. The maximum atomic E-state index is 13.3. The molecule has 1 aromatic heterocycles. The summed E-state index contributed by atoms with van der Waals surface area (Å²) < 4.78 is 34.5. The van der Waals surface area contributed by atoms with E-state index in [0.717, 1.165) is 15.3 Å². The van der Waals surface area contributed by atoms with Crippen LogP contribution in [0.3, 0.4) is 0 Å². The highest BCUT2D eigenvalue weighted by Crippen LogP contribution is 2.38. The second-order valence-corrected chi connectivity index (χ2v) is 13.7. The number of piperazine rings is 1. The predicted molar refractivity (Wildman–Crippen MR) is 154 cm³/mol. The Bertz CT molecular complexity index is 1370. The molecule has 1 aliphatic heterocycles. The molecule has 0 atom stereocenters. The van der Waals surface area contributed by atoms with Crippen LogP contribution in [0, 0.1) is 11.8 Å². The lowest BCUT2D eigenvalue weighted by Gasteiger charge is -2.34. The van der Waals surface area contributed by atoms with Gasteiger partial charge >= 0.3 is 0 Å². The van der Waals surface area contributed by atoms with Crippen molar-refractivity contribution in [1.29, 1.82) is 0 Å². The van der Waals surface area contributed by atoms with Crippen molar-refractivity contribution in [2.75, 3.05) is 51.3 Å². The van der Waals surface area contributed by atoms with Gasteiger partial charge in [-0.15, -0.1) is 0 Å². The Balaban J connectivity index is 1.43. The first kappa shape index (κ1) is 28.6. The normalized spacial score (nSPS) is 14.8. The molecule has 1 aliphatic rings. The number of hydrogen-bond acceptors (Lipinski definition) is 7. The number of anilines is 1. The Hall–Kier alpha value is -2.40. The van der Waals surface area contributed by atoms with Crippen LogP contribution in [0.4, 0.5) is 5.13 Å². The van der Waals surface area contributed by atoms with Crippen LogP contribution in [-0.4, -0.2) is 74.9 Å². The maximum Gasteiger partial charge on any atom is 0.253 e. The monoisotopic (exact) mass is 578 g/mol. The van der Waals surface area contributed by atoms with Crippen molar-refractivity contribution in [3.05, 3.63) is 47.0 Å². The van der Waals surface area contributed by atoms with E-state index in [0.29, 0.717) is 55.6 Å². The van der Waals surface area contributed by atoms with Crippen LogP contribution in [-0.2, 0) is 10.0 Å². The number of rotatable bonds is 9. The van der Waals surface area contributed by atoms with Crippen molar-refractivity contribution in [3.63, 3.8) is 0 Å². The number of sulfonamides is 1. The number of carbonyl (C=O) groups is 1. The Kier molecular flexibility index (Phi) is 8.86. The molecule has 1 amide bonds. The van der Waals surface area contributed by atoms with E-state index < -0.39 is 10.0 Å². The van der Waals surface area contributed by atoms with Gasteiger partial charge in [0.2, 0.25) is 10.0 Å². The van der Waals surface area contributed by atoms with E-state index in [2.05, 4.69) is 4.90 Å². The Morgan fingerprint density at radius 3 is 2.18 bits per heavy atom. The molecule has 38 heavy (non-hydrogen) atoms. The summed E-state index contributed by atoms with van der Waals surface area (Å²) in [7, 11) is -2.05. The third-order valence-electron chi connectivity index (χ3n) is 6.37. The van der Waals surface area contributed by atoms with E-state index in [1.807, 2.05) is 39.8 Å². The topological polar surface area (TPSA) is 83.0 Å². The zero-order valence-electron chi connectivity index (χ0n) is 22.5. The first-order valence-corrected chi connectivity index (χ1v) is 15.4. The molecule has 1 fully saturated rings. The molecular weight excluding hydrogens is 544 g/mol. The number of halogens is 1.